The van der Waals surface area contributed by atoms with E-state index in [-0.39, 0.29) is 26.1 Å². The largest absolute Gasteiger partial charge is 0.462 e. The first-order valence-electron chi connectivity index (χ1n) is 19.1. The molecule has 1 aliphatic rings. The fourth-order valence-corrected chi connectivity index (χ4v) is 5.43. The third-order valence-corrected chi connectivity index (χ3v) is 8.53. The minimum Gasteiger partial charge on any atom is -0.462 e. The zero-order valence-electron chi connectivity index (χ0n) is 30.4. The highest BCUT2D eigenvalue weighted by molar-refractivity contribution is 5.70. The van der Waals surface area contributed by atoms with Gasteiger partial charge >= 0.3 is 11.9 Å². The Kier molecular flexibility index (Phi) is 28.2. The van der Waals surface area contributed by atoms with Crippen LogP contribution in [0.2, 0.25) is 0 Å². The number of hydrogen-bond donors (Lipinski definition) is 4. The van der Waals surface area contributed by atoms with Crippen LogP contribution in [0.4, 0.5) is 0 Å². The first kappa shape index (κ1) is 44.9. The third kappa shape index (κ3) is 23.1. The van der Waals surface area contributed by atoms with Crippen LogP contribution in [0.25, 0.3) is 0 Å². The van der Waals surface area contributed by atoms with Crippen molar-refractivity contribution in [3.63, 3.8) is 0 Å². The van der Waals surface area contributed by atoms with E-state index >= 15 is 0 Å². The predicted molar refractivity (Wildman–Crippen MR) is 192 cm³/mol. The summed E-state index contributed by atoms with van der Waals surface area (Å²) in [5.41, 5.74) is 0. The first-order chi connectivity index (χ1) is 23.8. The summed E-state index contributed by atoms with van der Waals surface area (Å²) in [6.07, 6.45) is 24.6. The van der Waals surface area contributed by atoms with E-state index in [1.54, 1.807) is 0 Å². The number of rotatable bonds is 30. The van der Waals surface area contributed by atoms with Crippen molar-refractivity contribution in [2.24, 2.45) is 0 Å². The van der Waals surface area contributed by atoms with Crippen LogP contribution in [0.1, 0.15) is 142 Å². The van der Waals surface area contributed by atoms with Gasteiger partial charge in [0.15, 0.2) is 12.4 Å². The Morgan fingerprint density at radius 2 is 1.14 bits per heavy atom. The van der Waals surface area contributed by atoms with Crippen LogP contribution in [0.5, 0.6) is 0 Å². The van der Waals surface area contributed by atoms with Gasteiger partial charge < -0.3 is 39.4 Å². The zero-order chi connectivity index (χ0) is 36.0. The molecule has 1 heterocycles. The van der Waals surface area contributed by atoms with Crippen molar-refractivity contribution < 1.29 is 49.0 Å². The Hall–Kier alpha value is -2.08. The molecule has 6 atom stereocenters. The average molecular weight is 697 g/mol. The standard InChI is InChI=1S/C39H68O10/c1-3-5-7-9-11-12-13-14-15-16-17-18-19-20-22-24-26-28-35(42)48-32(30-46-34(41)27-25-23-21-10-8-6-4-2)31-47-39-38(45)37(44)36(43)33(29-40)49-39/h11-12,14-15,17-18,32-33,36-40,43-45H,3-10,13,16,19-31H2,1-2H3/b12-11+,15-14+,18-17+/t32-,33+,36-,37?,38?,39+/m1/s1. The maximum Gasteiger partial charge on any atom is 0.306 e. The molecule has 0 aromatic carbocycles. The lowest BCUT2D eigenvalue weighted by atomic mass is 9.99. The first-order valence-corrected chi connectivity index (χ1v) is 19.1. The Morgan fingerprint density at radius 1 is 0.633 bits per heavy atom. The quantitative estimate of drug-likeness (QED) is 0.0360. The molecule has 0 radical (unpaired) electrons. The van der Waals surface area contributed by atoms with Gasteiger partial charge in [-0.15, -0.1) is 0 Å². The molecule has 49 heavy (non-hydrogen) atoms. The van der Waals surface area contributed by atoms with E-state index in [0.29, 0.717) is 6.42 Å². The van der Waals surface area contributed by atoms with E-state index < -0.39 is 55.4 Å². The molecule has 0 bridgehead atoms. The number of aliphatic hydroxyl groups excluding tert-OH is 4. The summed E-state index contributed by atoms with van der Waals surface area (Å²) in [5, 5.41) is 39.8. The molecular weight excluding hydrogens is 628 g/mol. The van der Waals surface area contributed by atoms with Crippen LogP contribution in [-0.4, -0.2) is 89.0 Å². The molecule has 0 spiro atoms. The molecule has 0 aliphatic carbocycles. The van der Waals surface area contributed by atoms with Crippen molar-refractivity contribution in [2.75, 3.05) is 19.8 Å². The highest BCUT2D eigenvalue weighted by atomic mass is 16.7. The lowest BCUT2D eigenvalue weighted by molar-refractivity contribution is -0.305. The van der Waals surface area contributed by atoms with Gasteiger partial charge in [-0.05, 0) is 51.4 Å². The molecule has 0 saturated carbocycles. The SMILES string of the molecule is CCCCC/C=C/C/C=C/C/C=C/CCCCCCC(=O)O[C@H](COC(=O)CCCCCCCCC)CO[C@H]1O[C@@H](CO)[C@@H](O)C(O)C1O. The fourth-order valence-electron chi connectivity index (χ4n) is 5.43. The lowest BCUT2D eigenvalue weighted by Gasteiger charge is -2.39. The van der Waals surface area contributed by atoms with Gasteiger partial charge in [0.1, 0.15) is 31.0 Å². The van der Waals surface area contributed by atoms with E-state index in [9.17, 15) is 30.0 Å². The highest BCUT2D eigenvalue weighted by Crippen LogP contribution is 2.22. The normalized spacial score (nSPS) is 22.0. The molecule has 0 aromatic heterocycles. The summed E-state index contributed by atoms with van der Waals surface area (Å²) >= 11 is 0. The van der Waals surface area contributed by atoms with Crippen molar-refractivity contribution in [2.45, 2.75) is 179 Å². The molecule has 0 aromatic rings. The van der Waals surface area contributed by atoms with Gasteiger partial charge in [0.2, 0.25) is 0 Å². The van der Waals surface area contributed by atoms with E-state index in [1.807, 2.05) is 0 Å². The number of unbranched alkanes of at least 4 members (excludes halogenated alkanes) is 13. The summed E-state index contributed by atoms with van der Waals surface area (Å²) in [6, 6.07) is 0. The van der Waals surface area contributed by atoms with Gasteiger partial charge in [-0.1, -0.05) is 115 Å². The van der Waals surface area contributed by atoms with Gasteiger partial charge in [-0.25, -0.2) is 0 Å². The Labute approximate surface area is 295 Å². The van der Waals surface area contributed by atoms with E-state index in [4.69, 9.17) is 18.9 Å². The third-order valence-electron chi connectivity index (χ3n) is 8.53. The molecule has 0 amide bonds. The molecular formula is C39H68O10. The zero-order valence-corrected chi connectivity index (χ0v) is 30.4. The van der Waals surface area contributed by atoms with Gasteiger partial charge in [-0.2, -0.15) is 0 Å². The monoisotopic (exact) mass is 696 g/mol. The topological polar surface area (TPSA) is 152 Å². The second-order valence-corrected chi connectivity index (χ2v) is 13.0. The van der Waals surface area contributed by atoms with Gasteiger partial charge in [0.05, 0.1) is 13.2 Å². The molecule has 10 heteroatoms. The number of ether oxygens (including phenoxy) is 4. The van der Waals surface area contributed by atoms with Crippen LogP contribution in [-0.2, 0) is 28.5 Å². The fraction of sp³-hybridized carbons (Fsp3) is 0.795. The molecule has 284 valence electrons. The maximum absolute atomic E-state index is 12.7. The summed E-state index contributed by atoms with van der Waals surface area (Å²) in [4.78, 5) is 25.0. The van der Waals surface area contributed by atoms with Gasteiger partial charge in [0, 0.05) is 12.8 Å². The van der Waals surface area contributed by atoms with Gasteiger partial charge in [0.25, 0.3) is 0 Å². The minimum atomic E-state index is -1.60. The molecule has 1 fully saturated rings. The molecule has 4 N–H and O–H groups in total. The average Bonchev–Trinajstić information content (AvgIpc) is 3.10. The molecule has 10 nitrogen and oxygen atoms in total. The van der Waals surface area contributed by atoms with Crippen LogP contribution in [0.15, 0.2) is 36.5 Å². The van der Waals surface area contributed by atoms with Crippen LogP contribution >= 0.6 is 0 Å². The van der Waals surface area contributed by atoms with Crippen LogP contribution in [0, 0.1) is 0 Å². The predicted octanol–water partition coefficient (Wildman–Crippen LogP) is 6.77. The summed E-state index contributed by atoms with van der Waals surface area (Å²) in [7, 11) is 0. The summed E-state index contributed by atoms with van der Waals surface area (Å²) < 4.78 is 21.9. The maximum atomic E-state index is 12.7. The molecule has 1 rings (SSSR count). The van der Waals surface area contributed by atoms with Gasteiger partial charge in [-0.3, -0.25) is 9.59 Å². The molecule has 1 saturated heterocycles. The summed E-state index contributed by atoms with van der Waals surface area (Å²) in [6.45, 7) is 3.29. The highest BCUT2D eigenvalue weighted by Gasteiger charge is 2.44. The smallest absolute Gasteiger partial charge is 0.306 e. The molecule has 2 unspecified atom stereocenters. The molecule has 1 aliphatic heterocycles. The number of esters is 2. The van der Waals surface area contributed by atoms with Crippen molar-refractivity contribution in [3.05, 3.63) is 36.5 Å². The number of carbonyl (C=O) groups is 2. The van der Waals surface area contributed by atoms with E-state index in [2.05, 4.69) is 50.3 Å². The van der Waals surface area contributed by atoms with Crippen molar-refractivity contribution in [1.82, 2.24) is 0 Å². The Morgan fingerprint density at radius 3 is 1.76 bits per heavy atom. The Bertz CT molecular complexity index is 902. The lowest BCUT2D eigenvalue weighted by Crippen LogP contribution is -2.59. The number of hydrogen-bond acceptors (Lipinski definition) is 10. The van der Waals surface area contributed by atoms with Crippen molar-refractivity contribution in [3.8, 4) is 0 Å². The van der Waals surface area contributed by atoms with Crippen LogP contribution < -0.4 is 0 Å². The van der Waals surface area contributed by atoms with Crippen molar-refractivity contribution >= 4 is 11.9 Å². The van der Waals surface area contributed by atoms with Crippen LogP contribution in [0.3, 0.4) is 0 Å². The second kappa shape index (κ2) is 30.7. The van der Waals surface area contributed by atoms with E-state index in [1.165, 1.54) is 44.9 Å². The summed E-state index contributed by atoms with van der Waals surface area (Å²) in [5.74, 6) is -0.842. The second-order valence-electron chi connectivity index (χ2n) is 13.0. The number of allylic oxidation sites excluding steroid dienone is 6. The van der Waals surface area contributed by atoms with Crippen molar-refractivity contribution in [1.29, 1.82) is 0 Å². The minimum absolute atomic E-state index is 0.205. The number of carbonyl (C=O) groups excluding carboxylic acids is 2. The number of aliphatic hydroxyl groups is 4. The van der Waals surface area contributed by atoms with E-state index in [0.717, 1.165) is 64.2 Å². The Balaban J connectivity index is 2.39.